The fourth-order valence-corrected chi connectivity index (χ4v) is 3.41. The Kier molecular flexibility index (Phi) is 1.71. The molecule has 1 saturated carbocycles. The van der Waals surface area contributed by atoms with Crippen molar-refractivity contribution in [2.75, 3.05) is 5.73 Å². The second kappa shape index (κ2) is 2.83. The van der Waals surface area contributed by atoms with Crippen molar-refractivity contribution in [3.05, 3.63) is 16.0 Å². The lowest BCUT2D eigenvalue weighted by atomic mass is 10.0. The Bertz CT molecular complexity index is 404. The third kappa shape index (κ3) is 1.12. The summed E-state index contributed by atoms with van der Waals surface area (Å²) in [7, 11) is 0. The highest BCUT2D eigenvalue weighted by atomic mass is 32.1. The monoisotopic (exact) mass is 207 g/mol. The zero-order valence-corrected chi connectivity index (χ0v) is 8.82. The molecule has 1 fully saturated rings. The van der Waals surface area contributed by atoms with E-state index in [1.807, 2.05) is 0 Å². The SMILES string of the molecule is Nc1sc2c(c1C(=O)C1CC1)CCC2. The Hall–Kier alpha value is -0.830. The average molecular weight is 207 g/mol. The van der Waals surface area contributed by atoms with E-state index in [2.05, 4.69) is 0 Å². The number of hydrogen-bond acceptors (Lipinski definition) is 3. The lowest BCUT2D eigenvalue weighted by molar-refractivity contribution is 0.0968. The molecule has 2 aliphatic rings. The molecule has 3 rings (SSSR count). The largest absolute Gasteiger partial charge is 0.390 e. The zero-order chi connectivity index (χ0) is 9.71. The predicted molar refractivity (Wildman–Crippen MR) is 57.8 cm³/mol. The summed E-state index contributed by atoms with van der Waals surface area (Å²) < 4.78 is 0. The Balaban J connectivity index is 2.07. The van der Waals surface area contributed by atoms with Gasteiger partial charge < -0.3 is 5.73 Å². The van der Waals surface area contributed by atoms with E-state index in [0.717, 1.165) is 36.2 Å². The highest BCUT2D eigenvalue weighted by Gasteiger charge is 2.35. The number of aryl methyl sites for hydroxylation is 1. The van der Waals surface area contributed by atoms with Gasteiger partial charge in [-0.3, -0.25) is 4.79 Å². The maximum absolute atomic E-state index is 12.0. The summed E-state index contributed by atoms with van der Waals surface area (Å²) in [6.45, 7) is 0. The van der Waals surface area contributed by atoms with Crippen LogP contribution < -0.4 is 5.73 Å². The summed E-state index contributed by atoms with van der Waals surface area (Å²) >= 11 is 1.63. The van der Waals surface area contributed by atoms with Crippen LogP contribution in [0.1, 0.15) is 40.1 Å². The minimum atomic E-state index is 0.302. The van der Waals surface area contributed by atoms with E-state index >= 15 is 0 Å². The summed E-state index contributed by atoms with van der Waals surface area (Å²) in [5.41, 5.74) is 8.09. The summed E-state index contributed by atoms with van der Waals surface area (Å²) in [4.78, 5) is 13.3. The first kappa shape index (κ1) is 8.48. The fraction of sp³-hybridized carbons (Fsp3) is 0.545. The quantitative estimate of drug-likeness (QED) is 0.757. The van der Waals surface area contributed by atoms with Gasteiger partial charge >= 0.3 is 0 Å². The lowest BCUT2D eigenvalue weighted by Gasteiger charge is -2.00. The van der Waals surface area contributed by atoms with Gasteiger partial charge in [0.15, 0.2) is 5.78 Å². The number of fused-ring (bicyclic) bond motifs is 1. The second-order valence-electron chi connectivity index (χ2n) is 4.24. The van der Waals surface area contributed by atoms with Crippen molar-refractivity contribution in [3.63, 3.8) is 0 Å². The maximum atomic E-state index is 12.0. The highest BCUT2D eigenvalue weighted by Crippen LogP contribution is 2.42. The van der Waals surface area contributed by atoms with Crippen LogP contribution in [-0.4, -0.2) is 5.78 Å². The summed E-state index contributed by atoms with van der Waals surface area (Å²) in [5.74, 6) is 0.624. The number of anilines is 1. The van der Waals surface area contributed by atoms with Crippen molar-refractivity contribution in [2.24, 2.45) is 5.92 Å². The van der Waals surface area contributed by atoms with Gasteiger partial charge in [0.2, 0.25) is 0 Å². The number of carbonyl (C=O) groups excluding carboxylic acids is 1. The van der Waals surface area contributed by atoms with Gasteiger partial charge in [-0.1, -0.05) is 0 Å². The molecule has 0 aromatic carbocycles. The molecule has 0 unspecified atom stereocenters. The molecule has 1 aromatic rings. The molecule has 1 heterocycles. The van der Waals surface area contributed by atoms with Gasteiger partial charge in [-0.2, -0.15) is 0 Å². The molecule has 1 aromatic heterocycles. The molecular weight excluding hydrogens is 194 g/mol. The fourth-order valence-electron chi connectivity index (χ4n) is 2.25. The lowest BCUT2D eigenvalue weighted by Crippen LogP contribution is -2.05. The maximum Gasteiger partial charge on any atom is 0.169 e. The molecule has 0 spiro atoms. The number of Topliss-reactive ketones (excluding diaryl/α,β-unsaturated/α-hetero) is 1. The standard InChI is InChI=1S/C11H13NOS/c12-11-9(10(13)6-4-5-6)7-2-1-3-8(7)14-11/h6H,1-5,12H2. The predicted octanol–water partition coefficient (Wildman–Crippen LogP) is 2.41. The third-order valence-corrected chi connectivity index (χ3v) is 4.26. The third-order valence-electron chi connectivity index (χ3n) is 3.14. The summed E-state index contributed by atoms with van der Waals surface area (Å²) in [6, 6.07) is 0. The van der Waals surface area contributed by atoms with Gasteiger partial charge in [-0.15, -0.1) is 11.3 Å². The molecule has 3 heteroatoms. The molecule has 0 radical (unpaired) electrons. The molecule has 0 amide bonds. The molecule has 14 heavy (non-hydrogen) atoms. The molecule has 0 atom stereocenters. The Labute approximate surface area is 87.1 Å². The molecule has 2 aliphatic carbocycles. The van der Waals surface area contributed by atoms with E-state index < -0.39 is 0 Å². The van der Waals surface area contributed by atoms with E-state index in [9.17, 15) is 4.79 Å². The molecule has 2 N–H and O–H groups in total. The van der Waals surface area contributed by atoms with Crippen molar-refractivity contribution in [3.8, 4) is 0 Å². The Morgan fingerprint density at radius 2 is 2.14 bits per heavy atom. The van der Waals surface area contributed by atoms with Gasteiger partial charge in [0, 0.05) is 10.8 Å². The number of nitrogen functional groups attached to an aromatic ring is 1. The van der Waals surface area contributed by atoms with Crippen LogP contribution in [-0.2, 0) is 12.8 Å². The van der Waals surface area contributed by atoms with Crippen LogP contribution >= 0.6 is 11.3 Å². The van der Waals surface area contributed by atoms with Crippen molar-refractivity contribution in [2.45, 2.75) is 32.1 Å². The Morgan fingerprint density at radius 3 is 2.86 bits per heavy atom. The number of hydrogen-bond donors (Lipinski definition) is 1. The van der Waals surface area contributed by atoms with Crippen LogP contribution in [0, 0.1) is 5.92 Å². The van der Waals surface area contributed by atoms with E-state index in [0.29, 0.717) is 11.7 Å². The van der Waals surface area contributed by atoms with Gasteiger partial charge in [0.05, 0.1) is 10.6 Å². The van der Waals surface area contributed by atoms with Crippen LogP contribution in [0.4, 0.5) is 5.00 Å². The number of thiophene rings is 1. The smallest absolute Gasteiger partial charge is 0.169 e. The van der Waals surface area contributed by atoms with Gasteiger partial charge in [0.25, 0.3) is 0 Å². The molecule has 2 nitrogen and oxygen atoms in total. The minimum absolute atomic E-state index is 0.302. The molecule has 0 bridgehead atoms. The first-order valence-corrected chi connectivity index (χ1v) is 6.03. The normalized spacial score (nSPS) is 19.7. The minimum Gasteiger partial charge on any atom is -0.390 e. The molecular formula is C11H13NOS. The number of carbonyl (C=O) groups is 1. The van der Waals surface area contributed by atoms with Crippen molar-refractivity contribution in [1.29, 1.82) is 0 Å². The molecule has 74 valence electrons. The first-order chi connectivity index (χ1) is 6.77. The van der Waals surface area contributed by atoms with E-state index in [1.165, 1.54) is 16.9 Å². The van der Waals surface area contributed by atoms with Gasteiger partial charge in [0.1, 0.15) is 0 Å². The highest BCUT2D eigenvalue weighted by molar-refractivity contribution is 7.16. The van der Waals surface area contributed by atoms with E-state index in [4.69, 9.17) is 5.73 Å². The topological polar surface area (TPSA) is 43.1 Å². The number of ketones is 1. The van der Waals surface area contributed by atoms with Crippen molar-refractivity contribution < 1.29 is 4.79 Å². The zero-order valence-electron chi connectivity index (χ0n) is 8.01. The van der Waals surface area contributed by atoms with Crippen LogP contribution in [0.5, 0.6) is 0 Å². The molecule has 0 aliphatic heterocycles. The van der Waals surface area contributed by atoms with E-state index in [-0.39, 0.29) is 0 Å². The van der Waals surface area contributed by atoms with Crippen molar-refractivity contribution >= 4 is 22.1 Å². The van der Waals surface area contributed by atoms with Crippen LogP contribution in [0.3, 0.4) is 0 Å². The van der Waals surface area contributed by atoms with Crippen molar-refractivity contribution in [1.82, 2.24) is 0 Å². The summed E-state index contributed by atoms with van der Waals surface area (Å²) in [6.07, 6.45) is 5.54. The first-order valence-electron chi connectivity index (χ1n) is 5.21. The number of nitrogens with two attached hydrogens (primary N) is 1. The van der Waals surface area contributed by atoms with Crippen LogP contribution in [0.15, 0.2) is 0 Å². The Morgan fingerprint density at radius 1 is 1.36 bits per heavy atom. The van der Waals surface area contributed by atoms with Crippen LogP contribution in [0.2, 0.25) is 0 Å². The number of rotatable bonds is 2. The molecule has 0 saturated heterocycles. The second-order valence-corrected chi connectivity index (χ2v) is 5.37. The van der Waals surface area contributed by atoms with Crippen LogP contribution in [0.25, 0.3) is 0 Å². The summed E-state index contributed by atoms with van der Waals surface area (Å²) in [5, 5.41) is 0.770. The van der Waals surface area contributed by atoms with E-state index in [1.54, 1.807) is 11.3 Å². The average Bonchev–Trinajstić information content (AvgIpc) is 2.83. The van der Waals surface area contributed by atoms with Gasteiger partial charge in [-0.05, 0) is 37.7 Å². The van der Waals surface area contributed by atoms with Gasteiger partial charge in [-0.25, -0.2) is 0 Å².